The van der Waals surface area contributed by atoms with E-state index in [1.54, 1.807) is 14.2 Å². The Morgan fingerprint density at radius 1 is 1.16 bits per heavy atom. The molecule has 2 fully saturated rings. The van der Waals surface area contributed by atoms with Crippen molar-refractivity contribution >= 4 is 5.96 Å². The zero-order valence-corrected chi connectivity index (χ0v) is 15.7. The summed E-state index contributed by atoms with van der Waals surface area (Å²) >= 11 is 0. The summed E-state index contributed by atoms with van der Waals surface area (Å²) in [4.78, 5) is 4.37. The molecule has 2 aliphatic rings. The quantitative estimate of drug-likeness (QED) is 0.562. The van der Waals surface area contributed by atoms with Crippen molar-refractivity contribution in [2.24, 2.45) is 16.3 Å². The maximum Gasteiger partial charge on any atom is 0.191 e. The van der Waals surface area contributed by atoms with Gasteiger partial charge in [0, 0.05) is 20.1 Å². The summed E-state index contributed by atoms with van der Waals surface area (Å²) < 4.78 is 10.7. The van der Waals surface area contributed by atoms with Crippen LogP contribution in [0.4, 0.5) is 0 Å². The largest absolute Gasteiger partial charge is 0.493 e. The highest BCUT2D eigenvalue weighted by Gasteiger charge is 2.48. The zero-order valence-electron chi connectivity index (χ0n) is 15.7. The second kappa shape index (κ2) is 7.98. The van der Waals surface area contributed by atoms with Crippen LogP contribution in [-0.2, 0) is 6.42 Å². The molecule has 0 heterocycles. The van der Waals surface area contributed by atoms with E-state index in [4.69, 9.17) is 9.47 Å². The third kappa shape index (κ3) is 4.20. The number of guanidine groups is 1. The molecule has 25 heavy (non-hydrogen) atoms. The highest BCUT2D eigenvalue weighted by Crippen LogP contribution is 2.56. The van der Waals surface area contributed by atoms with Crippen molar-refractivity contribution in [3.63, 3.8) is 0 Å². The summed E-state index contributed by atoms with van der Waals surface area (Å²) in [5.74, 6) is 3.41. The molecule has 1 aromatic rings. The van der Waals surface area contributed by atoms with Crippen LogP contribution in [0.5, 0.6) is 11.5 Å². The van der Waals surface area contributed by atoms with Crippen LogP contribution in [0.25, 0.3) is 0 Å². The number of benzene rings is 1. The second-order valence-corrected chi connectivity index (χ2v) is 7.28. The third-order valence-corrected chi connectivity index (χ3v) is 5.78. The van der Waals surface area contributed by atoms with E-state index < -0.39 is 0 Å². The molecule has 3 rings (SSSR count). The van der Waals surface area contributed by atoms with E-state index in [1.807, 2.05) is 19.2 Å². The molecule has 0 spiro atoms. The highest BCUT2D eigenvalue weighted by molar-refractivity contribution is 5.79. The Hall–Kier alpha value is -1.91. The minimum Gasteiger partial charge on any atom is -0.493 e. The fourth-order valence-corrected chi connectivity index (χ4v) is 3.90. The van der Waals surface area contributed by atoms with Gasteiger partial charge in [0.25, 0.3) is 0 Å². The van der Waals surface area contributed by atoms with Crippen LogP contribution < -0.4 is 20.1 Å². The van der Waals surface area contributed by atoms with Gasteiger partial charge in [0.05, 0.1) is 14.2 Å². The third-order valence-electron chi connectivity index (χ3n) is 5.78. The van der Waals surface area contributed by atoms with Crippen molar-refractivity contribution in [3.05, 3.63) is 23.8 Å². The summed E-state index contributed by atoms with van der Waals surface area (Å²) in [6, 6.07) is 6.07. The lowest BCUT2D eigenvalue weighted by Gasteiger charge is -2.43. The van der Waals surface area contributed by atoms with Gasteiger partial charge in [-0.25, -0.2) is 0 Å². The molecule has 0 unspecified atom stereocenters. The first-order valence-electron chi connectivity index (χ1n) is 9.36. The van der Waals surface area contributed by atoms with Crippen molar-refractivity contribution in [2.45, 2.75) is 38.5 Å². The fraction of sp³-hybridized carbons (Fsp3) is 0.650. The van der Waals surface area contributed by atoms with E-state index in [9.17, 15) is 0 Å². The Balaban J connectivity index is 1.45. The number of rotatable bonds is 8. The smallest absolute Gasteiger partial charge is 0.191 e. The van der Waals surface area contributed by atoms with Gasteiger partial charge < -0.3 is 20.1 Å². The highest BCUT2D eigenvalue weighted by atomic mass is 16.5. The van der Waals surface area contributed by atoms with E-state index in [1.165, 1.54) is 37.7 Å². The first-order chi connectivity index (χ1) is 12.2. The number of hydrogen-bond donors (Lipinski definition) is 2. The molecule has 0 bridgehead atoms. The predicted octanol–water partition coefficient (Wildman–Crippen LogP) is 2.99. The molecular formula is C20H31N3O2. The number of ether oxygens (including phenoxy) is 2. The lowest BCUT2D eigenvalue weighted by Crippen LogP contribution is -2.47. The first kappa shape index (κ1) is 17.9. The molecule has 5 nitrogen and oxygen atoms in total. The van der Waals surface area contributed by atoms with Gasteiger partial charge in [0.2, 0.25) is 0 Å². The van der Waals surface area contributed by atoms with Crippen LogP contribution in [0, 0.1) is 11.3 Å². The SMILES string of the molecule is CN=C(NCCc1ccc(OC)c(OC)c1)NCC1(C2CC2)CCC1. The van der Waals surface area contributed by atoms with Gasteiger partial charge in [-0.3, -0.25) is 4.99 Å². The van der Waals surface area contributed by atoms with Crippen LogP contribution in [0.15, 0.2) is 23.2 Å². The Morgan fingerprint density at radius 3 is 2.48 bits per heavy atom. The minimum atomic E-state index is 0.557. The molecule has 138 valence electrons. The fourth-order valence-electron chi connectivity index (χ4n) is 3.90. The molecule has 0 atom stereocenters. The van der Waals surface area contributed by atoms with Gasteiger partial charge in [0.1, 0.15) is 0 Å². The first-order valence-corrected chi connectivity index (χ1v) is 9.36. The Bertz CT molecular complexity index is 607. The number of nitrogens with one attached hydrogen (secondary N) is 2. The minimum absolute atomic E-state index is 0.557. The van der Waals surface area contributed by atoms with Gasteiger partial charge in [-0.2, -0.15) is 0 Å². The Morgan fingerprint density at radius 2 is 1.92 bits per heavy atom. The molecule has 2 saturated carbocycles. The molecule has 1 aromatic carbocycles. The lowest BCUT2D eigenvalue weighted by atomic mass is 9.65. The summed E-state index contributed by atoms with van der Waals surface area (Å²) in [5.41, 5.74) is 1.77. The van der Waals surface area contributed by atoms with E-state index in [0.717, 1.165) is 42.9 Å². The molecule has 0 aliphatic heterocycles. The van der Waals surface area contributed by atoms with E-state index in [0.29, 0.717) is 5.41 Å². The van der Waals surface area contributed by atoms with E-state index in [2.05, 4.69) is 21.7 Å². The van der Waals surface area contributed by atoms with Crippen molar-refractivity contribution in [3.8, 4) is 11.5 Å². The summed E-state index contributed by atoms with van der Waals surface area (Å²) in [6.07, 6.45) is 7.92. The summed E-state index contributed by atoms with van der Waals surface area (Å²) in [5, 5.41) is 6.99. The van der Waals surface area contributed by atoms with Crippen LogP contribution >= 0.6 is 0 Å². The average molecular weight is 345 g/mol. The molecule has 0 aromatic heterocycles. The summed E-state index contributed by atoms with van der Waals surface area (Å²) in [6.45, 7) is 1.90. The van der Waals surface area contributed by atoms with Gasteiger partial charge >= 0.3 is 0 Å². The lowest BCUT2D eigenvalue weighted by molar-refractivity contribution is 0.106. The monoisotopic (exact) mass is 345 g/mol. The number of nitrogens with zero attached hydrogens (tertiary/aromatic N) is 1. The van der Waals surface area contributed by atoms with Crippen LogP contribution in [0.3, 0.4) is 0 Å². The molecule has 2 N–H and O–H groups in total. The molecule has 2 aliphatic carbocycles. The maximum atomic E-state index is 5.37. The topological polar surface area (TPSA) is 54.9 Å². The van der Waals surface area contributed by atoms with Crippen molar-refractivity contribution in [1.29, 1.82) is 0 Å². The maximum absolute atomic E-state index is 5.37. The zero-order chi connectivity index (χ0) is 17.7. The number of hydrogen-bond acceptors (Lipinski definition) is 3. The number of aliphatic imine (C=N–C) groups is 1. The molecular weight excluding hydrogens is 314 g/mol. The van der Waals surface area contributed by atoms with Gasteiger partial charge in [0.15, 0.2) is 17.5 Å². The Labute approximate surface area is 151 Å². The van der Waals surface area contributed by atoms with Crippen LogP contribution in [-0.4, -0.2) is 40.3 Å². The van der Waals surface area contributed by atoms with Crippen molar-refractivity contribution in [2.75, 3.05) is 34.4 Å². The van der Waals surface area contributed by atoms with Gasteiger partial charge in [-0.05, 0) is 61.1 Å². The van der Waals surface area contributed by atoms with Gasteiger partial charge in [-0.15, -0.1) is 0 Å². The molecule has 5 heteroatoms. The standard InChI is InChI=1S/C20H31N3O2/c1-21-19(23-14-20(10-4-11-20)16-6-7-16)22-12-9-15-5-8-17(24-2)18(13-15)25-3/h5,8,13,16H,4,6-7,9-12,14H2,1-3H3,(H2,21,22,23). The van der Waals surface area contributed by atoms with Crippen LogP contribution in [0.2, 0.25) is 0 Å². The van der Waals surface area contributed by atoms with E-state index in [-0.39, 0.29) is 0 Å². The van der Waals surface area contributed by atoms with E-state index >= 15 is 0 Å². The van der Waals surface area contributed by atoms with Gasteiger partial charge in [-0.1, -0.05) is 12.5 Å². The average Bonchev–Trinajstić information content (AvgIpc) is 3.44. The molecule has 0 amide bonds. The van der Waals surface area contributed by atoms with Crippen LogP contribution in [0.1, 0.15) is 37.7 Å². The normalized spacial score (nSPS) is 19.1. The second-order valence-electron chi connectivity index (χ2n) is 7.28. The summed E-state index contributed by atoms with van der Waals surface area (Å²) in [7, 11) is 5.17. The van der Waals surface area contributed by atoms with Crippen molar-refractivity contribution in [1.82, 2.24) is 10.6 Å². The number of methoxy groups -OCH3 is 2. The predicted molar refractivity (Wildman–Crippen MR) is 102 cm³/mol. The molecule has 0 radical (unpaired) electrons. The molecule has 0 saturated heterocycles. The van der Waals surface area contributed by atoms with Crippen molar-refractivity contribution < 1.29 is 9.47 Å². The Kier molecular flexibility index (Phi) is 5.71.